The van der Waals surface area contributed by atoms with Gasteiger partial charge in [-0.15, -0.1) is 0 Å². The number of hydrogen-bond donors (Lipinski definition) is 1. The molecule has 3 aromatic rings. The molecule has 1 aliphatic rings. The molecule has 0 spiro atoms. The van der Waals surface area contributed by atoms with E-state index in [1.807, 2.05) is 68.1 Å². The molecule has 1 atom stereocenters. The van der Waals surface area contributed by atoms with Crippen LogP contribution in [0.4, 0.5) is 5.69 Å². The van der Waals surface area contributed by atoms with Gasteiger partial charge in [0.25, 0.3) is 12.4 Å². The molecular weight excluding hydrogens is 506 g/mol. The van der Waals surface area contributed by atoms with Crippen LogP contribution in [0.3, 0.4) is 0 Å². The smallest absolute Gasteiger partial charge is 0.293 e. The molecule has 0 saturated carbocycles. The molecule has 4 rings (SSSR count). The van der Waals surface area contributed by atoms with Crippen LogP contribution in [-0.4, -0.2) is 39.6 Å². The van der Waals surface area contributed by atoms with Gasteiger partial charge in [0, 0.05) is 25.1 Å². The van der Waals surface area contributed by atoms with Crippen LogP contribution >= 0.6 is 0 Å². The lowest BCUT2D eigenvalue weighted by molar-refractivity contribution is -0.138. The van der Waals surface area contributed by atoms with Crippen LogP contribution in [0.15, 0.2) is 60.8 Å². The van der Waals surface area contributed by atoms with E-state index < -0.39 is 0 Å². The van der Waals surface area contributed by atoms with Crippen molar-refractivity contribution in [3.05, 3.63) is 77.7 Å². The number of amides is 1. The molecule has 2 aromatic carbocycles. The molecule has 2 heterocycles. The van der Waals surface area contributed by atoms with Gasteiger partial charge in [-0.3, -0.25) is 9.59 Å². The zero-order valence-electron chi connectivity index (χ0n) is 24.4. The lowest BCUT2D eigenvalue weighted by Gasteiger charge is -2.32. The molecular formula is C32H41N3O5. The molecule has 0 aliphatic carbocycles. The molecule has 40 heavy (non-hydrogen) atoms. The van der Waals surface area contributed by atoms with Gasteiger partial charge in [0.05, 0.1) is 6.20 Å². The number of carbonyl (C=O) groups excluding carboxylic acids is 2. The Bertz CT molecular complexity index is 1250. The lowest BCUT2D eigenvalue weighted by atomic mass is 9.87. The zero-order chi connectivity index (χ0) is 29.3. The van der Waals surface area contributed by atoms with Gasteiger partial charge in [-0.25, -0.2) is 4.98 Å². The molecule has 1 saturated heterocycles. The molecule has 1 N–H and O–H groups in total. The standard InChI is InChI=1S/C27H31N3O3.C5H10O2/c1-27(2,3)21-9-11-22(12-10-21)30-14-13-20(16-25(30)31)15-24-28-17-23(26(32)29-24)33-18-19-7-5-4-6-8-19;1-5(2,3)7-4-6/h4-12,17,20H,13-16,18H2,1-3H3,(H,28,29,32);4H,1-3H3. The summed E-state index contributed by atoms with van der Waals surface area (Å²) in [6.07, 6.45) is 3.37. The van der Waals surface area contributed by atoms with E-state index in [-0.39, 0.29) is 34.5 Å². The predicted octanol–water partition coefficient (Wildman–Crippen LogP) is 6.00. The van der Waals surface area contributed by atoms with Crippen molar-refractivity contribution in [2.75, 3.05) is 11.4 Å². The fourth-order valence-corrected chi connectivity index (χ4v) is 4.22. The van der Waals surface area contributed by atoms with E-state index >= 15 is 0 Å². The molecule has 1 unspecified atom stereocenters. The van der Waals surface area contributed by atoms with Crippen molar-refractivity contribution in [2.24, 2.45) is 5.92 Å². The SMILES string of the molecule is CC(C)(C)OC=O.CC(C)(C)c1ccc(N2CCC(Cc3ncc(OCc4ccccc4)c(O)n3)CC2=O)cc1. The average Bonchev–Trinajstić information content (AvgIpc) is 2.88. The maximum Gasteiger partial charge on any atom is 0.293 e. The van der Waals surface area contributed by atoms with E-state index in [0.717, 1.165) is 17.7 Å². The number of nitrogens with zero attached hydrogens (tertiary/aromatic N) is 3. The Morgan fingerprint density at radius 1 is 1.02 bits per heavy atom. The average molecular weight is 548 g/mol. The van der Waals surface area contributed by atoms with E-state index in [9.17, 15) is 14.7 Å². The summed E-state index contributed by atoms with van der Waals surface area (Å²) in [4.78, 5) is 32.9. The molecule has 8 heteroatoms. The molecule has 0 radical (unpaired) electrons. The minimum atomic E-state index is -0.318. The number of piperidine rings is 1. The second-order valence-electron chi connectivity index (χ2n) is 12.0. The van der Waals surface area contributed by atoms with Crippen molar-refractivity contribution in [3.8, 4) is 11.6 Å². The fourth-order valence-electron chi connectivity index (χ4n) is 4.22. The summed E-state index contributed by atoms with van der Waals surface area (Å²) in [5.41, 5.74) is 2.96. The van der Waals surface area contributed by atoms with Crippen molar-refractivity contribution < 1.29 is 24.2 Å². The quantitative estimate of drug-likeness (QED) is 0.362. The minimum Gasteiger partial charge on any atom is -0.491 e. The molecule has 8 nitrogen and oxygen atoms in total. The maximum atomic E-state index is 12.8. The first-order chi connectivity index (χ1) is 18.9. The van der Waals surface area contributed by atoms with Crippen LogP contribution in [0.5, 0.6) is 11.6 Å². The Balaban J connectivity index is 0.000000559. The summed E-state index contributed by atoms with van der Waals surface area (Å²) in [7, 11) is 0. The normalized spacial score (nSPS) is 15.6. The number of ether oxygens (including phenoxy) is 2. The summed E-state index contributed by atoms with van der Waals surface area (Å²) < 4.78 is 10.2. The first-order valence-electron chi connectivity index (χ1n) is 13.6. The number of benzene rings is 2. The van der Waals surface area contributed by atoms with Gasteiger partial charge in [0.1, 0.15) is 18.0 Å². The summed E-state index contributed by atoms with van der Waals surface area (Å²) in [5.74, 6) is 0.881. The van der Waals surface area contributed by atoms with Gasteiger partial charge in [-0.1, -0.05) is 63.2 Å². The van der Waals surface area contributed by atoms with Crippen LogP contribution in [0.1, 0.15) is 71.3 Å². The topological polar surface area (TPSA) is 102 Å². The Morgan fingerprint density at radius 3 is 2.23 bits per heavy atom. The van der Waals surface area contributed by atoms with E-state index in [0.29, 0.717) is 38.3 Å². The van der Waals surface area contributed by atoms with Crippen LogP contribution in [0.2, 0.25) is 0 Å². The van der Waals surface area contributed by atoms with Crippen LogP contribution in [0, 0.1) is 5.92 Å². The largest absolute Gasteiger partial charge is 0.491 e. The highest BCUT2D eigenvalue weighted by Crippen LogP contribution is 2.30. The number of rotatable bonds is 7. The Morgan fingerprint density at radius 2 is 1.70 bits per heavy atom. The third-order valence-electron chi connectivity index (χ3n) is 6.47. The second-order valence-corrected chi connectivity index (χ2v) is 12.0. The maximum absolute atomic E-state index is 12.8. The van der Waals surface area contributed by atoms with Gasteiger partial charge in [-0.2, -0.15) is 4.98 Å². The molecule has 1 amide bonds. The predicted molar refractivity (Wildman–Crippen MR) is 155 cm³/mol. The van der Waals surface area contributed by atoms with Crippen LogP contribution in [0.25, 0.3) is 0 Å². The van der Waals surface area contributed by atoms with Crippen molar-refractivity contribution in [3.63, 3.8) is 0 Å². The lowest BCUT2D eigenvalue weighted by Crippen LogP contribution is -2.39. The second kappa shape index (κ2) is 13.4. The van der Waals surface area contributed by atoms with Gasteiger partial charge >= 0.3 is 0 Å². The number of hydrogen-bond acceptors (Lipinski definition) is 7. The monoisotopic (exact) mass is 547 g/mol. The Hall–Kier alpha value is -3.94. The van der Waals surface area contributed by atoms with Gasteiger partial charge < -0.3 is 19.5 Å². The van der Waals surface area contributed by atoms with Crippen LogP contribution in [-0.2, 0) is 32.8 Å². The number of carbonyl (C=O) groups is 2. The van der Waals surface area contributed by atoms with E-state index in [1.54, 1.807) is 0 Å². The highest BCUT2D eigenvalue weighted by atomic mass is 16.5. The van der Waals surface area contributed by atoms with Gasteiger partial charge in [0.2, 0.25) is 5.91 Å². The fraction of sp³-hybridized carbons (Fsp3) is 0.438. The van der Waals surface area contributed by atoms with Crippen molar-refractivity contribution in [1.82, 2.24) is 9.97 Å². The molecule has 1 fully saturated rings. The van der Waals surface area contributed by atoms with Gasteiger partial charge in [0.15, 0.2) is 5.75 Å². The van der Waals surface area contributed by atoms with E-state index in [2.05, 4.69) is 47.6 Å². The first kappa shape index (κ1) is 30.6. The van der Waals surface area contributed by atoms with E-state index in [4.69, 9.17) is 4.74 Å². The van der Waals surface area contributed by atoms with E-state index in [1.165, 1.54) is 11.8 Å². The zero-order valence-corrected chi connectivity index (χ0v) is 24.4. The summed E-state index contributed by atoms with van der Waals surface area (Å²) in [5, 5.41) is 10.3. The molecule has 1 aromatic heterocycles. The third kappa shape index (κ3) is 9.36. The molecule has 1 aliphatic heterocycles. The Kier molecular flexibility index (Phi) is 10.3. The van der Waals surface area contributed by atoms with Gasteiger partial charge in [-0.05, 0) is 61.8 Å². The number of aromatic nitrogens is 2. The molecule has 0 bridgehead atoms. The van der Waals surface area contributed by atoms with Crippen molar-refractivity contribution >= 4 is 18.1 Å². The van der Waals surface area contributed by atoms with Crippen molar-refractivity contribution in [1.29, 1.82) is 0 Å². The Labute approximate surface area is 237 Å². The first-order valence-corrected chi connectivity index (χ1v) is 13.6. The third-order valence-corrected chi connectivity index (χ3v) is 6.47. The number of anilines is 1. The van der Waals surface area contributed by atoms with Crippen molar-refractivity contribution in [2.45, 2.75) is 78.4 Å². The van der Waals surface area contributed by atoms with Crippen LogP contribution < -0.4 is 9.64 Å². The summed E-state index contributed by atoms with van der Waals surface area (Å²) >= 11 is 0. The highest BCUT2D eigenvalue weighted by molar-refractivity contribution is 5.94. The summed E-state index contributed by atoms with van der Waals surface area (Å²) in [6.45, 7) is 13.5. The molecule has 214 valence electrons. The minimum absolute atomic E-state index is 0.0865. The summed E-state index contributed by atoms with van der Waals surface area (Å²) in [6, 6.07) is 18.0. The highest BCUT2D eigenvalue weighted by Gasteiger charge is 2.28. The number of aromatic hydroxyl groups is 1.